The molecule has 3 aromatic rings. The zero-order valence-corrected chi connectivity index (χ0v) is 23.1. The molecule has 2 fully saturated rings. The Morgan fingerprint density at radius 1 is 1.13 bits per heavy atom. The molecular formula is C28H28Cl2N4O5. The van der Waals surface area contributed by atoms with Crippen molar-refractivity contribution in [1.82, 2.24) is 9.97 Å². The van der Waals surface area contributed by atoms with Gasteiger partial charge in [0.2, 0.25) is 5.91 Å². The van der Waals surface area contributed by atoms with Crippen LogP contribution >= 0.6 is 23.2 Å². The van der Waals surface area contributed by atoms with Crippen molar-refractivity contribution >= 4 is 57.3 Å². The number of ether oxygens (including phenoxy) is 3. The Morgan fingerprint density at radius 3 is 2.49 bits per heavy atom. The highest BCUT2D eigenvalue weighted by atomic mass is 35.5. The fourth-order valence-electron chi connectivity index (χ4n) is 4.61. The number of nitrogens with zero attached hydrogens (tertiary/aromatic N) is 2. The largest absolute Gasteiger partial charge is 0.495 e. The molecule has 11 heteroatoms. The van der Waals surface area contributed by atoms with Crippen LogP contribution in [0.4, 0.5) is 11.6 Å². The van der Waals surface area contributed by atoms with E-state index >= 15 is 0 Å². The number of carbonyl (C=O) groups excluding carboxylic acids is 2. The summed E-state index contributed by atoms with van der Waals surface area (Å²) >= 11 is 13.3. The summed E-state index contributed by atoms with van der Waals surface area (Å²) in [5, 5.41) is 8.30. The Bertz CT molecular complexity index is 1430. The molecule has 0 bridgehead atoms. The van der Waals surface area contributed by atoms with E-state index in [2.05, 4.69) is 22.2 Å². The molecule has 1 aliphatic carbocycles. The molecule has 1 saturated heterocycles. The van der Waals surface area contributed by atoms with E-state index in [-0.39, 0.29) is 39.6 Å². The molecule has 204 valence electrons. The maximum absolute atomic E-state index is 12.8. The zero-order chi connectivity index (χ0) is 27.7. The number of anilines is 2. The number of hydrogen-bond acceptors (Lipinski definition) is 8. The Kier molecular flexibility index (Phi) is 7.93. The van der Waals surface area contributed by atoms with Crippen molar-refractivity contribution in [2.75, 3.05) is 38.1 Å². The quantitative estimate of drug-likeness (QED) is 0.305. The van der Waals surface area contributed by atoms with Gasteiger partial charge in [-0.2, -0.15) is 0 Å². The highest BCUT2D eigenvalue weighted by Gasteiger charge is 2.32. The molecule has 39 heavy (non-hydrogen) atoms. The molecule has 2 aromatic heterocycles. The lowest BCUT2D eigenvalue weighted by atomic mass is 9.97. The molecule has 0 unspecified atom stereocenters. The van der Waals surface area contributed by atoms with E-state index in [1.165, 1.54) is 20.3 Å². The number of hydrogen-bond donors (Lipinski definition) is 2. The van der Waals surface area contributed by atoms with Gasteiger partial charge in [0.05, 0.1) is 49.2 Å². The van der Waals surface area contributed by atoms with Gasteiger partial charge in [-0.05, 0) is 31.1 Å². The van der Waals surface area contributed by atoms with Crippen molar-refractivity contribution in [3.05, 3.63) is 47.1 Å². The maximum atomic E-state index is 12.8. The molecule has 9 nitrogen and oxygen atoms in total. The van der Waals surface area contributed by atoms with E-state index in [9.17, 15) is 9.59 Å². The summed E-state index contributed by atoms with van der Waals surface area (Å²) in [5.74, 6) is 1.52. The van der Waals surface area contributed by atoms with Crippen LogP contribution in [-0.4, -0.2) is 55.1 Å². The molecule has 2 aliphatic rings. The lowest BCUT2D eigenvalue weighted by Gasteiger charge is -2.20. The van der Waals surface area contributed by atoms with Gasteiger partial charge in [-0.3, -0.25) is 9.59 Å². The molecule has 0 spiro atoms. The minimum absolute atomic E-state index is 0.00476. The number of amides is 1. The summed E-state index contributed by atoms with van der Waals surface area (Å²) in [4.78, 5) is 34.1. The number of methoxy groups -OCH3 is 2. The minimum atomic E-state index is -0.0996. The predicted octanol–water partition coefficient (Wildman–Crippen LogP) is 5.54. The van der Waals surface area contributed by atoms with Crippen LogP contribution in [0.25, 0.3) is 22.0 Å². The second-order valence-electron chi connectivity index (χ2n) is 9.62. The van der Waals surface area contributed by atoms with Crippen molar-refractivity contribution < 1.29 is 23.8 Å². The smallest absolute Gasteiger partial charge is 0.228 e. The molecule has 1 saturated carbocycles. The number of pyridine rings is 2. The first-order chi connectivity index (χ1) is 18.8. The van der Waals surface area contributed by atoms with E-state index < -0.39 is 0 Å². The van der Waals surface area contributed by atoms with Crippen molar-refractivity contribution in [3.8, 4) is 22.8 Å². The van der Waals surface area contributed by atoms with Crippen LogP contribution in [0.1, 0.15) is 19.3 Å². The van der Waals surface area contributed by atoms with Gasteiger partial charge in [0.15, 0.2) is 5.78 Å². The fraction of sp³-hybridized carbons (Fsp3) is 0.357. The Labute approximate surface area is 235 Å². The van der Waals surface area contributed by atoms with E-state index in [4.69, 9.17) is 42.4 Å². The van der Waals surface area contributed by atoms with Crippen LogP contribution < -0.4 is 20.1 Å². The number of allylic oxidation sites excluding steroid dienone is 1. The van der Waals surface area contributed by atoms with E-state index in [0.717, 1.165) is 12.8 Å². The van der Waals surface area contributed by atoms with Gasteiger partial charge >= 0.3 is 0 Å². The SMILES string of the molecule is C=CC(=O)C[C@H]1COC[C@H]1Nc1cc2c(NC(=O)C3CC3)nc(-c3c(Cl)c(OC)cc(OC)c3Cl)cc2cn1. The second-order valence-corrected chi connectivity index (χ2v) is 10.4. The third-order valence-electron chi connectivity index (χ3n) is 6.96. The van der Waals surface area contributed by atoms with Gasteiger partial charge in [0.25, 0.3) is 0 Å². The first-order valence-electron chi connectivity index (χ1n) is 12.5. The number of halogens is 2. The Hall–Kier alpha value is -3.40. The Balaban J connectivity index is 1.57. The van der Waals surface area contributed by atoms with Crippen molar-refractivity contribution in [1.29, 1.82) is 0 Å². The number of nitrogens with one attached hydrogen (secondary N) is 2. The van der Waals surface area contributed by atoms with Gasteiger partial charge < -0.3 is 24.8 Å². The zero-order valence-electron chi connectivity index (χ0n) is 21.6. The van der Waals surface area contributed by atoms with Crippen LogP contribution in [0.5, 0.6) is 11.5 Å². The molecule has 0 radical (unpaired) electrons. The van der Waals surface area contributed by atoms with Gasteiger partial charge in [0.1, 0.15) is 23.1 Å². The summed E-state index contributed by atoms with van der Waals surface area (Å²) < 4.78 is 16.5. The number of ketones is 1. The summed E-state index contributed by atoms with van der Waals surface area (Å²) in [6.45, 7) is 4.49. The molecular weight excluding hydrogens is 543 g/mol. The van der Waals surface area contributed by atoms with Gasteiger partial charge in [-0.1, -0.05) is 29.8 Å². The molecule has 3 heterocycles. The van der Waals surface area contributed by atoms with Crippen LogP contribution in [0.3, 0.4) is 0 Å². The third-order valence-corrected chi connectivity index (χ3v) is 7.71. The summed E-state index contributed by atoms with van der Waals surface area (Å²) in [6.07, 6.45) is 5.05. The highest BCUT2D eigenvalue weighted by molar-refractivity contribution is 6.41. The topological polar surface area (TPSA) is 112 Å². The van der Waals surface area contributed by atoms with Gasteiger partial charge in [0, 0.05) is 46.9 Å². The lowest BCUT2D eigenvalue weighted by molar-refractivity contribution is -0.117. The van der Waals surface area contributed by atoms with Crippen LogP contribution in [-0.2, 0) is 14.3 Å². The van der Waals surface area contributed by atoms with Crippen LogP contribution in [0.15, 0.2) is 37.1 Å². The maximum Gasteiger partial charge on any atom is 0.228 e. The van der Waals surface area contributed by atoms with E-state index in [1.807, 2.05) is 6.07 Å². The number of rotatable bonds is 10. The van der Waals surface area contributed by atoms with Gasteiger partial charge in [-0.15, -0.1) is 0 Å². The number of aromatic nitrogens is 2. The van der Waals surface area contributed by atoms with Crippen molar-refractivity contribution in [2.24, 2.45) is 11.8 Å². The number of carbonyl (C=O) groups is 2. The Morgan fingerprint density at radius 2 is 1.85 bits per heavy atom. The predicted molar refractivity (Wildman–Crippen MR) is 151 cm³/mol. The number of fused-ring (bicyclic) bond motifs is 1. The number of benzene rings is 1. The minimum Gasteiger partial charge on any atom is -0.495 e. The average Bonchev–Trinajstić information content (AvgIpc) is 3.70. The molecule has 1 aromatic carbocycles. The average molecular weight is 571 g/mol. The first-order valence-corrected chi connectivity index (χ1v) is 13.3. The highest BCUT2D eigenvalue weighted by Crippen LogP contribution is 2.46. The molecule has 1 amide bonds. The molecule has 5 rings (SSSR count). The van der Waals surface area contributed by atoms with E-state index in [1.54, 1.807) is 18.3 Å². The van der Waals surface area contributed by atoms with Crippen molar-refractivity contribution in [2.45, 2.75) is 25.3 Å². The summed E-state index contributed by atoms with van der Waals surface area (Å²) in [7, 11) is 3.00. The van der Waals surface area contributed by atoms with Crippen LogP contribution in [0.2, 0.25) is 10.0 Å². The molecule has 2 N–H and O–H groups in total. The molecule has 1 aliphatic heterocycles. The summed E-state index contributed by atoms with van der Waals surface area (Å²) in [6, 6.07) is 5.13. The first kappa shape index (κ1) is 27.2. The monoisotopic (exact) mass is 570 g/mol. The van der Waals surface area contributed by atoms with E-state index in [0.29, 0.717) is 64.8 Å². The second kappa shape index (κ2) is 11.4. The normalized spacial score (nSPS) is 18.6. The molecule has 2 atom stereocenters. The summed E-state index contributed by atoms with van der Waals surface area (Å²) in [5.41, 5.74) is 0.842. The van der Waals surface area contributed by atoms with Crippen molar-refractivity contribution in [3.63, 3.8) is 0 Å². The van der Waals surface area contributed by atoms with Crippen LogP contribution in [0, 0.1) is 11.8 Å². The fourth-order valence-corrected chi connectivity index (χ4v) is 5.31. The third kappa shape index (κ3) is 5.66. The standard InChI is InChI=1S/C28H28Cl2N4O5/c1-4-17(35)7-16-12-39-13-20(16)32-23-9-18-15(11-31-23)8-19(33-27(18)34-28(36)14-5-6-14)24-25(29)21(37-2)10-22(38-3)26(24)30/h4,8-11,14,16,20H,1,5-7,12-13H2,2-3H3,(H,31,32)(H,33,34,36)/t16-,20+/m0/s1. The lowest BCUT2D eigenvalue weighted by Crippen LogP contribution is -2.29. The van der Waals surface area contributed by atoms with Gasteiger partial charge in [-0.25, -0.2) is 9.97 Å².